The predicted molar refractivity (Wildman–Crippen MR) is 128 cm³/mol. The maximum absolute atomic E-state index is 12.8. The van der Waals surface area contributed by atoms with Gasteiger partial charge in [-0.2, -0.15) is 4.31 Å². The summed E-state index contributed by atoms with van der Waals surface area (Å²) in [5.74, 6) is -0.451. The van der Waals surface area contributed by atoms with E-state index in [4.69, 9.17) is 4.42 Å². The summed E-state index contributed by atoms with van der Waals surface area (Å²) < 4.78 is 32.6. The zero-order valence-electron chi connectivity index (χ0n) is 18.4. The molecule has 4 rings (SSSR count). The quantitative estimate of drug-likeness (QED) is 0.579. The van der Waals surface area contributed by atoms with E-state index in [-0.39, 0.29) is 15.9 Å². The number of likely N-dealkylation sites (N-methyl/N-ethyl adjacent to an activating group) is 1. The average Bonchev–Trinajstić information content (AvgIpc) is 2.80. The van der Waals surface area contributed by atoms with E-state index in [1.165, 1.54) is 34.9 Å². The average molecular weight is 468 g/mol. The monoisotopic (exact) mass is 467 g/mol. The molecular formula is C24H25N3O5S. The SMILES string of the molecule is Cc1ccc2occ(/C=C/C(=O)Nc3ccc(S(=O)(=O)N4CCN(C)CC4)cc3)c(=O)c2c1. The highest BCUT2D eigenvalue weighted by molar-refractivity contribution is 7.89. The number of fused-ring (bicyclic) bond motifs is 1. The van der Waals surface area contributed by atoms with Crippen LogP contribution in [0.25, 0.3) is 17.0 Å². The van der Waals surface area contributed by atoms with Crippen molar-refractivity contribution < 1.29 is 17.6 Å². The molecule has 2 aromatic carbocycles. The molecule has 33 heavy (non-hydrogen) atoms. The van der Waals surface area contributed by atoms with Crippen LogP contribution in [0.1, 0.15) is 11.1 Å². The van der Waals surface area contributed by atoms with Crippen LogP contribution < -0.4 is 10.7 Å². The minimum Gasteiger partial charge on any atom is -0.463 e. The van der Waals surface area contributed by atoms with Crippen LogP contribution >= 0.6 is 0 Å². The smallest absolute Gasteiger partial charge is 0.248 e. The highest BCUT2D eigenvalue weighted by atomic mass is 32.2. The Morgan fingerprint density at radius 2 is 1.76 bits per heavy atom. The van der Waals surface area contributed by atoms with E-state index in [0.717, 1.165) is 5.56 Å². The zero-order valence-corrected chi connectivity index (χ0v) is 19.3. The molecule has 0 atom stereocenters. The highest BCUT2D eigenvalue weighted by Crippen LogP contribution is 2.20. The third-order valence-electron chi connectivity index (χ3n) is 5.59. The van der Waals surface area contributed by atoms with Crippen LogP contribution in [-0.2, 0) is 14.8 Å². The summed E-state index contributed by atoms with van der Waals surface area (Å²) in [6.45, 7) is 4.16. The molecular weight excluding hydrogens is 442 g/mol. The Bertz CT molecular complexity index is 1370. The number of nitrogens with one attached hydrogen (secondary N) is 1. The van der Waals surface area contributed by atoms with Crippen molar-refractivity contribution in [1.29, 1.82) is 0 Å². The third-order valence-corrected chi connectivity index (χ3v) is 7.50. The van der Waals surface area contributed by atoms with E-state index >= 15 is 0 Å². The minimum absolute atomic E-state index is 0.185. The van der Waals surface area contributed by atoms with Gasteiger partial charge in [-0.25, -0.2) is 8.42 Å². The molecule has 0 radical (unpaired) electrons. The number of sulfonamides is 1. The number of anilines is 1. The first-order valence-electron chi connectivity index (χ1n) is 10.5. The second-order valence-electron chi connectivity index (χ2n) is 8.07. The van der Waals surface area contributed by atoms with Gasteiger partial charge in [0, 0.05) is 37.9 Å². The molecule has 1 saturated heterocycles. The fraction of sp³-hybridized carbons (Fsp3) is 0.250. The Kier molecular flexibility index (Phi) is 6.46. The normalized spacial score (nSPS) is 15.8. The Balaban J connectivity index is 1.44. The van der Waals surface area contributed by atoms with Gasteiger partial charge < -0.3 is 14.6 Å². The first-order chi connectivity index (χ1) is 15.7. The molecule has 3 aromatic rings. The van der Waals surface area contributed by atoms with Gasteiger partial charge in [0.2, 0.25) is 15.9 Å². The number of carbonyl (C=O) groups is 1. The van der Waals surface area contributed by atoms with Crippen LogP contribution in [0.4, 0.5) is 5.69 Å². The first-order valence-corrected chi connectivity index (χ1v) is 12.0. The largest absolute Gasteiger partial charge is 0.463 e. The molecule has 1 amide bonds. The summed E-state index contributed by atoms with van der Waals surface area (Å²) in [4.78, 5) is 27.2. The number of aryl methyl sites for hydroxylation is 1. The number of hydrogen-bond donors (Lipinski definition) is 1. The van der Waals surface area contributed by atoms with Crippen LogP contribution in [0.3, 0.4) is 0 Å². The summed E-state index contributed by atoms with van der Waals surface area (Å²) in [7, 11) is -1.61. The van der Waals surface area contributed by atoms with Crippen molar-refractivity contribution in [3.8, 4) is 0 Å². The molecule has 1 aliphatic rings. The number of nitrogens with zero attached hydrogens (tertiary/aromatic N) is 2. The number of carbonyl (C=O) groups excluding carboxylic acids is 1. The minimum atomic E-state index is -3.57. The molecule has 8 nitrogen and oxygen atoms in total. The number of hydrogen-bond acceptors (Lipinski definition) is 6. The Morgan fingerprint density at radius 3 is 2.45 bits per heavy atom. The zero-order chi connectivity index (χ0) is 23.6. The van der Waals surface area contributed by atoms with E-state index < -0.39 is 15.9 Å². The number of amides is 1. The van der Waals surface area contributed by atoms with Crippen molar-refractivity contribution in [1.82, 2.24) is 9.21 Å². The van der Waals surface area contributed by atoms with Crippen molar-refractivity contribution in [2.75, 3.05) is 38.5 Å². The van der Waals surface area contributed by atoms with Crippen molar-refractivity contribution in [3.63, 3.8) is 0 Å². The molecule has 172 valence electrons. The second kappa shape index (κ2) is 9.30. The summed E-state index contributed by atoms with van der Waals surface area (Å²) in [5.41, 5.74) is 1.91. The molecule has 1 N–H and O–H groups in total. The Hall–Kier alpha value is -3.27. The standard InChI is InChI=1S/C24H25N3O5S/c1-17-3-9-22-21(15-17)24(29)18(16-32-22)4-10-23(28)25-19-5-7-20(8-6-19)33(30,31)27-13-11-26(2)12-14-27/h3-10,15-16H,11-14H2,1-2H3,(H,25,28)/b10-4+. The van der Waals surface area contributed by atoms with Crippen LogP contribution in [-0.4, -0.2) is 56.8 Å². The third kappa shape index (κ3) is 5.05. The highest BCUT2D eigenvalue weighted by Gasteiger charge is 2.27. The Morgan fingerprint density at radius 1 is 1.06 bits per heavy atom. The molecule has 1 aromatic heterocycles. The van der Waals surface area contributed by atoms with E-state index in [0.29, 0.717) is 42.8 Å². The van der Waals surface area contributed by atoms with Gasteiger partial charge in [0.15, 0.2) is 5.43 Å². The molecule has 0 aliphatic carbocycles. The molecule has 0 saturated carbocycles. The number of rotatable bonds is 5. The van der Waals surface area contributed by atoms with Gasteiger partial charge in [-0.15, -0.1) is 0 Å². The number of piperazine rings is 1. The lowest BCUT2D eigenvalue weighted by atomic mass is 10.1. The molecule has 0 spiro atoms. The van der Waals surface area contributed by atoms with Crippen LogP contribution in [0.5, 0.6) is 0 Å². The molecule has 0 bridgehead atoms. The van der Waals surface area contributed by atoms with Crippen LogP contribution in [0.15, 0.2) is 68.9 Å². The lowest BCUT2D eigenvalue weighted by Crippen LogP contribution is -2.46. The van der Waals surface area contributed by atoms with Gasteiger partial charge in [0.1, 0.15) is 11.8 Å². The molecule has 2 heterocycles. The van der Waals surface area contributed by atoms with Gasteiger partial charge in [-0.1, -0.05) is 11.6 Å². The van der Waals surface area contributed by atoms with Crippen LogP contribution in [0, 0.1) is 6.92 Å². The Labute approximate surface area is 192 Å². The second-order valence-corrected chi connectivity index (χ2v) is 10.0. The van der Waals surface area contributed by atoms with Gasteiger partial charge in [0.05, 0.1) is 15.8 Å². The lowest BCUT2D eigenvalue weighted by molar-refractivity contribution is -0.111. The van der Waals surface area contributed by atoms with Gasteiger partial charge in [0.25, 0.3) is 0 Å². The summed E-state index contributed by atoms with van der Waals surface area (Å²) in [5, 5.41) is 3.12. The molecule has 0 unspecified atom stereocenters. The maximum atomic E-state index is 12.8. The lowest BCUT2D eigenvalue weighted by Gasteiger charge is -2.31. The van der Waals surface area contributed by atoms with Gasteiger partial charge in [-0.3, -0.25) is 9.59 Å². The summed E-state index contributed by atoms with van der Waals surface area (Å²) in [6, 6.07) is 11.4. The summed E-state index contributed by atoms with van der Waals surface area (Å²) in [6.07, 6.45) is 3.96. The molecule has 9 heteroatoms. The van der Waals surface area contributed by atoms with Crippen molar-refractivity contribution in [2.45, 2.75) is 11.8 Å². The number of benzene rings is 2. The predicted octanol–water partition coefficient (Wildman–Crippen LogP) is 2.69. The fourth-order valence-electron chi connectivity index (χ4n) is 3.61. The van der Waals surface area contributed by atoms with Crippen molar-refractivity contribution in [2.24, 2.45) is 0 Å². The fourth-order valence-corrected chi connectivity index (χ4v) is 5.03. The van der Waals surface area contributed by atoms with E-state index in [2.05, 4.69) is 10.2 Å². The molecule has 1 aliphatic heterocycles. The van der Waals surface area contributed by atoms with E-state index in [1.54, 1.807) is 24.3 Å². The first kappa shape index (κ1) is 22.9. The van der Waals surface area contributed by atoms with E-state index in [1.807, 2.05) is 20.0 Å². The van der Waals surface area contributed by atoms with Gasteiger partial charge >= 0.3 is 0 Å². The van der Waals surface area contributed by atoms with E-state index in [9.17, 15) is 18.0 Å². The van der Waals surface area contributed by atoms with Gasteiger partial charge in [-0.05, 0) is 56.4 Å². The topological polar surface area (TPSA) is 99.9 Å². The summed E-state index contributed by atoms with van der Waals surface area (Å²) >= 11 is 0. The molecule has 1 fully saturated rings. The van der Waals surface area contributed by atoms with Crippen molar-refractivity contribution >= 4 is 38.7 Å². The maximum Gasteiger partial charge on any atom is 0.248 e. The van der Waals surface area contributed by atoms with Crippen LogP contribution in [0.2, 0.25) is 0 Å². The van der Waals surface area contributed by atoms with Crippen molar-refractivity contribution in [3.05, 3.63) is 76.2 Å².